The highest BCUT2D eigenvalue weighted by Gasteiger charge is 2.47. The first-order valence-electron chi connectivity index (χ1n) is 6.20. The van der Waals surface area contributed by atoms with Gasteiger partial charge in [0.1, 0.15) is 5.75 Å². The Labute approximate surface area is 96.5 Å². The average molecular weight is 217 g/mol. The van der Waals surface area contributed by atoms with Crippen molar-refractivity contribution < 1.29 is 5.11 Å². The van der Waals surface area contributed by atoms with Crippen LogP contribution >= 0.6 is 0 Å². The monoisotopic (exact) mass is 217 g/mol. The van der Waals surface area contributed by atoms with Gasteiger partial charge in [0, 0.05) is 5.54 Å². The van der Waals surface area contributed by atoms with Crippen LogP contribution in [0.3, 0.4) is 0 Å². The van der Waals surface area contributed by atoms with E-state index in [-0.39, 0.29) is 5.54 Å². The number of hydrogen-bond donors (Lipinski definition) is 2. The smallest absolute Gasteiger partial charge is 0.115 e. The number of aromatic hydroxyl groups is 1. The normalized spacial score (nSPS) is 37.6. The second kappa shape index (κ2) is 3.24. The molecule has 86 valence electrons. The second-order valence-electron chi connectivity index (χ2n) is 5.69. The van der Waals surface area contributed by atoms with Crippen molar-refractivity contribution in [2.24, 2.45) is 5.73 Å². The molecule has 0 spiro atoms. The van der Waals surface area contributed by atoms with Gasteiger partial charge < -0.3 is 10.8 Å². The molecule has 0 amide bonds. The number of phenols is 1. The van der Waals surface area contributed by atoms with Gasteiger partial charge in [-0.1, -0.05) is 12.1 Å². The Morgan fingerprint density at radius 1 is 0.875 bits per heavy atom. The van der Waals surface area contributed by atoms with Crippen molar-refractivity contribution in [3.63, 3.8) is 0 Å². The van der Waals surface area contributed by atoms with E-state index in [0.29, 0.717) is 11.2 Å². The highest BCUT2D eigenvalue weighted by atomic mass is 16.3. The summed E-state index contributed by atoms with van der Waals surface area (Å²) in [5.41, 5.74) is 8.21. The standard InChI is InChI=1S/C14H19NO/c15-14-8-5-13(6-9-14,7-10-14)11-1-3-12(16)4-2-11/h1-4,16H,5-10,15H2. The highest BCUT2D eigenvalue weighted by Crippen LogP contribution is 2.52. The van der Waals surface area contributed by atoms with E-state index in [9.17, 15) is 5.11 Å². The first-order valence-corrected chi connectivity index (χ1v) is 6.20. The molecule has 0 saturated heterocycles. The quantitative estimate of drug-likeness (QED) is 0.759. The zero-order valence-electron chi connectivity index (χ0n) is 9.58. The van der Waals surface area contributed by atoms with Crippen LogP contribution in [0.2, 0.25) is 0 Å². The van der Waals surface area contributed by atoms with E-state index >= 15 is 0 Å². The molecule has 0 heterocycles. The lowest BCUT2D eigenvalue weighted by molar-refractivity contribution is 0.107. The minimum atomic E-state index is 0.138. The molecule has 2 heteroatoms. The first kappa shape index (κ1) is 10.2. The van der Waals surface area contributed by atoms with E-state index in [2.05, 4.69) is 12.1 Å². The summed E-state index contributed by atoms with van der Waals surface area (Å²) < 4.78 is 0. The van der Waals surface area contributed by atoms with Crippen LogP contribution in [-0.2, 0) is 5.41 Å². The van der Waals surface area contributed by atoms with Crippen molar-refractivity contribution in [2.75, 3.05) is 0 Å². The number of hydrogen-bond acceptors (Lipinski definition) is 2. The van der Waals surface area contributed by atoms with Crippen molar-refractivity contribution in [1.29, 1.82) is 0 Å². The summed E-state index contributed by atoms with van der Waals surface area (Å²) in [6.07, 6.45) is 7.13. The molecule has 3 N–H and O–H groups in total. The predicted molar refractivity (Wildman–Crippen MR) is 64.4 cm³/mol. The fraction of sp³-hybridized carbons (Fsp3) is 0.571. The number of nitrogens with two attached hydrogens (primary N) is 1. The maximum Gasteiger partial charge on any atom is 0.115 e. The molecule has 3 aliphatic rings. The lowest BCUT2D eigenvalue weighted by Gasteiger charge is -2.52. The van der Waals surface area contributed by atoms with Crippen molar-refractivity contribution in [3.8, 4) is 5.75 Å². The van der Waals surface area contributed by atoms with Crippen LogP contribution in [0.4, 0.5) is 0 Å². The van der Waals surface area contributed by atoms with E-state index in [0.717, 1.165) is 19.3 Å². The van der Waals surface area contributed by atoms with Crippen LogP contribution in [0.15, 0.2) is 24.3 Å². The maximum absolute atomic E-state index is 9.34. The molecule has 0 unspecified atom stereocenters. The average Bonchev–Trinajstić information content (AvgIpc) is 2.31. The second-order valence-corrected chi connectivity index (χ2v) is 5.69. The lowest BCUT2D eigenvalue weighted by atomic mass is 9.55. The van der Waals surface area contributed by atoms with Crippen LogP contribution in [0.25, 0.3) is 0 Å². The van der Waals surface area contributed by atoms with Gasteiger partial charge in [0.05, 0.1) is 0 Å². The van der Waals surface area contributed by atoms with E-state index in [1.54, 1.807) is 0 Å². The molecule has 2 nitrogen and oxygen atoms in total. The Hall–Kier alpha value is -1.02. The summed E-state index contributed by atoms with van der Waals surface area (Å²) in [5, 5.41) is 9.34. The Morgan fingerprint density at radius 2 is 1.38 bits per heavy atom. The Kier molecular flexibility index (Phi) is 2.05. The highest BCUT2D eigenvalue weighted by molar-refractivity contribution is 5.33. The number of rotatable bonds is 1. The molecule has 0 atom stereocenters. The van der Waals surface area contributed by atoms with Gasteiger partial charge in [-0.05, 0) is 61.6 Å². The molecule has 1 aromatic carbocycles. The van der Waals surface area contributed by atoms with E-state index < -0.39 is 0 Å². The largest absolute Gasteiger partial charge is 0.508 e. The Balaban J connectivity index is 1.92. The third kappa shape index (κ3) is 1.44. The van der Waals surface area contributed by atoms with Gasteiger partial charge in [-0.25, -0.2) is 0 Å². The summed E-state index contributed by atoms with van der Waals surface area (Å²) in [7, 11) is 0. The molecule has 3 saturated carbocycles. The molecule has 0 aliphatic heterocycles. The molecule has 4 rings (SSSR count). The van der Waals surface area contributed by atoms with Gasteiger partial charge in [0.15, 0.2) is 0 Å². The minimum Gasteiger partial charge on any atom is -0.508 e. The number of fused-ring (bicyclic) bond motifs is 3. The molecule has 3 fully saturated rings. The fourth-order valence-corrected chi connectivity index (χ4v) is 3.46. The van der Waals surface area contributed by atoms with Gasteiger partial charge in [-0.15, -0.1) is 0 Å². The molecule has 0 radical (unpaired) electrons. The molecule has 2 bridgehead atoms. The van der Waals surface area contributed by atoms with Gasteiger partial charge in [-0.2, -0.15) is 0 Å². The Morgan fingerprint density at radius 3 is 1.88 bits per heavy atom. The zero-order valence-corrected chi connectivity index (χ0v) is 9.58. The van der Waals surface area contributed by atoms with Gasteiger partial charge in [0.2, 0.25) is 0 Å². The predicted octanol–water partition coefficient (Wildman–Crippen LogP) is 2.70. The molecule has 0 aromatic heterocycles. The molecule has 16 heavy (non-hydrogen) atoms. The Bertz CT molecular complexity index is 371. The SMILES string of the molecule is NC12CCC(c3ccc(O)cc3)(CC1)CC2. The third-order valence-electron chi connectivity index (χ3n) is 4.78. The number of phenolic OH excluding ortho intramolecular Hbond substituents is 1. The van der Waals surface area contributed by atoms with Gasteiger partial charge in [0.25, 0.3) is 0 Å². The van der Waals surface area contributed by atoms with Crippen LogP contribution < -0.4 is 5.73 Å². The van der Waals surface area contributed by atoms with E-state index in [1.165, 1.54) is 24.8 Å². The van der Waals surface area contributed by atoms with Crippen LogP contribution in [0, 0.1) is 0 Å². The molecular weight excluding hydrogens is 198 g/mol. The summed E-state index contributed by atoms with van der Waals surface area (Å²) in [5.74, 6) is 0.361. The molecule has 3 aliphatic carbocycles. The van der Waals surface area contributed by atoms with Crippen LogP contribution in [0.1, 0.15) is 44.1 Å². The topological polar surface area (TPSA) is 46.2 Å². The van der Waals surface area contributed by atoms with Crippen LogP contribution in [0.5, 0.6) is 5.75 Å². The maximum atomic E-state index is 9.34. The van der Waals surface area contributed by atoms with Crippen molar-refractivity contribution in [1.82, 2.24) is 0 Å². The summed E-state index contributed by atoms with van der Waals surface area (Å²) >= 11 is 0. The fourth-order valence-electron chi connectivity index (χ4n) is 3.46. The first-order chi connectivity index (χ1) is 7.62. The van der Waals surface area contributed by atoms with E-state index in [1.807, 2.05) is 12.1 Å². The van der Waals surface area contributed by atoms with Gasteiger partial charge >= 0.3 is 0 Å². The van der Waals surface area contributed by atoms with E-state index in [4.69, 9.17) is 5.73 Å². The van der Waals surface area contributed by atoms with Crippen LogP contribution in [-0.4, -0.2) is 10.6 Å². The summed E-state index contributed by atoms with van der Waals surface area (Å²) in [4.78, 5) is 0. The minimum absolute atomic E-state index is 0.138. The zero-order chi connectivity index (χ0) is 11.2. The molecule has 1 aromatic rings. The van der Waals surface area contributed by atoms with Crippen molar-refractivity contribution in [2.45, 2.75) is 49.5 Å². The van der Waals surface area contributed by atoms with Crippen molar-refractivity contribution >= 4 is 0 Å². The van der Waals surface area contributed by atoms with Crippen molar-refractivity contribution in [3.05, 3.63) is 29.8 Å². The third-order valence-corrected chi connectivity index (χ3v) is 4.78. The lowest BCUT2D eigenvalue weighted by Crippen LogP contribution is -2.53. The number of benzene rings is 1. The van der Waals surface area contributed by atoms with Gasteiger partial charge in [-0.3, -0.25) is 0 Å². The molecular formula is C14H19NO. The summed E-state index contributed by atoms with van der Waals surface area (Å²) in [6.45, 7) is 0. The summed E-state index contributed by atoms with van der Waals surface area (Å²) in [6, 6.07) is 7.79.